The van der Waals surface area contributed by atoms with Crippen molar-refractivity contribution in [2.75, 3.05) is 5.32 Å². The molecule has 4 atom stereocenters. The first-order valence-corrected chi connectivity index (χ1v) is 20.1. The molecule has 0 radical (unpaired) electrons. The molecule has 312 valence electrons. The van der Waals surface area contributed by atoms with Crippen LogP contribution >= 0.6 is 11.3 Å². The summed E-state index contributed by atoms with van der Waals surface area (Å²) in [5.74, 6) is -4.64. The van der Waals surface area contributed by atoms with Crippen molar-refractivity contribution in [2.24, 2.45) is 0 Å². The average molecular weight is 826 g/mol. The number of hydrogen-bond acceptors (Lipinski definition) is 9. The van der Waals surface area contributed by atoms with Gasteiger partial charge >= 0.3 is 11.9 Å². The fourth-order valence-corrected chi connectivity index (χ4v) is 6.78. The lowest BCUT2D eigenvalue weighted by Crippen LogP contribution is -2.58. The van der Waals surface area contributed by atoms with E-state index in [2.05, 4.69) is 26.6 Å². The monoisotopic (exact) mass is 825 g/mol. The van der Waals surface area contributed by atoms with E-state index in [0.717, 1.165) is 16.0 Å². The maximum Gasteiger partial charge on any atom is 0.326 e. The molecule has 0 aliphatic rings. The zero-order valence-corrected chi connectivity index (χ0v) is 34.3. The van der Waals surface area contributed by atoms with Gasteiger partial charge in [-0.2, -0.15) is 0 Å². The summed E-state index contributed by atoms with van der Waals surface area (Å²) in [6.45, 7) is 6.71. The van der Waals surface area contributed by atoms with Gasteiger partial charge in [-0.1, -0.05) is 79.7 Å². The summed E-state index contributed by atoms with van der Waals surface area (Å²) in [5.41, 5.74) is 2.78. The summed E-state index contributed by atoms with van der Waals surface area (Å²) in [6, 6.07) is 21.9. The van der Waals surface area contributed by atoms with Crippen molar-refractivity contribution < 1.29 is 43.4 Å². The Morgan fingerprint density at radius 1 is 0.678 bits per heavy atom. The Morgan fingerprint density at radius 2 is 1.22 bits per heavy atom. The Morgan fingerprint density at radius 3 is 1.78 bits per heavy atom. The molecule has 0 saturated carbocycles. The molecule has 0 bridgehead atoms. The van der Waals surface area contributed by atoms with Crippen molar-refractivity contribution in [3.8, 4) is 11.1 Å². The Kier molecular flexibility index (Phi) is 16.9. The SMILES string of the molecule is CCC(=O)N[C@H](Cc1cccs1)C(=O)N[C@@H](Cc1ccc(-c2ccccc2)cc1)C(=O)N[C@H](CCC(=O)OC(C)(C)C)C(=O)N[C@@H](Cc1ccc(NC=O)cc1)C(=O)O. The number of hydrogen-bond donors (Lipinski definition) is 6. The number of carbonyl (C=O) groups excluding carboxylic acids is 6. The van der Waals surface area contributed by atoms with Gasteiger partial charge in [0.1, 0.15) is 29.8 Å². The number of carbonyl (C=O) groups is 7. The number of esters is 1. The van der Waals surface area contributed by atoms with Crippen LogP contribution in [-0.4, -0.2) is 76.9 Å². The Balaban J connectivity index is 1.62. The first kappa shape index (κ1) is 45.4. The van der Waals surface area contributed by atoms with Crippen molar-refractivity contribution in [2.45, 2.75) is 96.0 Å². The first-order valence-electron chi connectivity index (χ1n) is 19.2. The van der Waals surface area contributed by atoms with E-state index in [-0.39, 0.29) is 44.4 Å². The van der Waals surface area contributed by atoms with Gasteiger partial charge in [0, 0.05) is 42.7 Å². The number of rotatable bonds is 21. The fraction of sp³-hybridized carbons (Fsp3) is 0.341. The predicted octanol–water partition coefficient (Wildman–Crippen LogP) is 4.57. The zero-order chi connectivity index (χ0) is 43.0. The van der Waals surface area contributed by atoms with Gasteiger partial charge in [-0.05, 0) is 73.0 Å². The molecule has 0 saturated heterocycles. The van der Waals surface area contributed by atoms with Gasteiger partial charge in [0.2, 0.25) is 30.0 Å². The zero-order valence-electron chi connectivity index (χ0n) is 33.5. The maximum absolute atomic E-state index is 14.3. The standard InChI is InChI=1S/C44H51N5O9S/c1-5-38(51)46-36(26-33-12-9-23-59-33)42(55)48-35(24-28-13-17-31(18-14-28)30-10-7-6-8-11-30)41(54)47-34(21-22-39(52)58-44(2,3)4)40(53)49-37(43(56)57)25-29-15-19-32(20-16-29)45-27-50/h6-20,23,27,34-37H,5,21-22,24-26H2,1-4H3,(H,45,50)(H,46,51)(H,47,54)(H,48,55)(H,49,53)(H,56,57)/t34-,35+,36-,37+/m1/s1. The highest BCUT2D eigenvalue weighted by molar-refractivity contribution is 7.09. The summed E-state index contributed by atoms with van der Waals surface area (Å²) in [4.78, 5) is 91.6. The molecule has 4 aromatic rings. The molecule has 59 heavy (non-hydrogen) atoms. The topological polar surface area (TPSA) is 209 Å². The number of thiophene rings is 1. The van der Waals surface area contributed by atoms with Gasteiger partial charge in [-0.25, -0.2) is 4.79 Å². The predicted molar refractivity (Wildman–Crippen MR) is 224 cm³/mol. The van der Waals surface area contributed by atoms with Crippen LogP contribution in [0.3, 0.4) is 0 Å². The summed E-state index contributed by atoms with van der Waals surface area (Å²) < 4.78 is 5.43. The number of carboxylic acids is 1. The Labute approximate surface area is 347 Å². The van der Waals surface area contributed by atoms with E-state index in [0.29, 0.717) is 23.2 Å². The molecular formula is C44H51N5O9S. The molecule has 0 spiro atoms. The number of benzene rings is 3. The third-order valence-corrected chi connectivity index (χ3v) is 9.91. The molecule has 1 aromatic heterocycles. The largest absolute Gasteiger partial charge is 0.480 e. The van der Waals surface area contributed by atoms with Crippen molar-refractivity contribution in [3.05, 3.63) is 112 Å². The second-order valence-electron chi connectivity index (χ2n) is 14.8. The molecule has 1 heterocycles. The van der Waals surface area contributed by atoms with Crippen LogP contribution in [0.2, 0.25) is 0 Å². The van der Waals surface area contributed by atoms with E-state index in [9.17, 15) is 38.7 Å². The number of nitrogens with one attached hydrogen (secondary N) is 5. The molecule has 3 aromatic carbocycles. The van der Waals surface area contributed by atoms with Crippen molar-refractivity contribution in [1.82, 2.24) is 21.3 Å². The van der Waals surface area contributed by atoms with Gasteiger partial charge < -0.3 is 36.4 Å². The maximum atomic E-state index is 14.3. The van der Waals surface area contributed by atoms with Crippen LogP contribution in [0, 0.1) is 0 Å². The number of anilines is 1. The number of carboxylic acid groups (broad SMARTS) is 1. The Hall–Kier alpha value is -6.35. The summed E-state index contributed by atoms with van der Waals surface area (Å²) >= 11 is 1.41. The molecule has 0 aliphatic carbocycles. The third-order valence-electron chi connectivity index (χ3n) is 9.02. The Bertz CT molecular complexity index is 2030. The van der Waals surface area contributed by atoms with Crippen LogP contribution in [0.15, 0.2) is 96.4 Å². The van der Waals surface area contributed by atoms with Crippen molar-refractivity contribution in [1.29, 1.82) is 0 Å². The number of ether oxygens (including phenoxy) is 1. The summed E-state index contributed by atoms with van der Waals surface area (Å²) in [7, 11) is 0. The minimum Gasteiger partial charge on any atom is -0.480 e. The highest BCUT2D eigenvalue weighted by Gasteiger charge is 2.32. The highest BCUT2D eigenvalue weighted by Crippen LogP contribution is 2.21. The molecular weight excluding hydrogens is 775 g/mol. The third kappa shape index (κ3) is 15.2. The quantitative estimate of drug-likeness (QED) is 0.0513. The number of amides is 5. The second kappa shape index (κ2) is 22.0. The lowest BCUT2D eigenvalue weighted by Gasteiger charge is -2.26. The van der Waals surface area contributed by atoms with Crippen LogP contribution in [0.1, 0.15) is 63.0 Å². The van der Waals surface area contributed by atoms with E-state index >= 15 is 0 Å². The minimum absolute atomic E-state index is 0.0206. The normalized spacial score (nSPS) is 13.1. The molecule has 14 nitrogen and oxygen atoms in total. The highest BCUT2D eigenvalue weighted by atomic mass is 32.1. The van der Waals surface area contributed by atoms with Gasteiger partial charge in [-0.15, -0.1) is 11.3 Å². The average Bonchev–Trinajstić information content (AvgIpc) is 3.72. The number of aliphatic carboxylic acids is 1. The second-order valence-corrected chi connectivity index (χ2v) is 15.9. The molecule has 0 fully saturated rings. The summed E-state index contributed by atoms with van der Waals surface area (Å²) in [5, 5.41) is 25.1. The molecule has 15 heteroatoms. The first-order chi connectivity index (χ1) is 28.1. The van der Waals surface area contributed by atoms with E-state index in [1.807, 2.05) is 72.1 Å². The molecule has 5 amide bonds. The molecule has 4 rings (SSSR count). The van der Waals surface area contributed by atoms with Crippen LogP contribution in [0.5, 0.6) is 0 Å². The van der Waals surface area contributed by atoms with Gasteiger partial charge in [0.15, 0.2) is 0 Å². The van der Waals surface area contributed by atoms with E-state index in [1.54, 1.807) is 52.0 Å². The van der Waals surface area contributed by atoms with E-state index < -0.39 is 59.4 Å². The van der Waals surface area contributed by atoms with Crippen molar-refractivity contribution in [3.63, 3.8) is 0 Å². The van der Waals surface area contributed by atoms with Crippen LogP contribution in [-0.2, 0) is 57.6 Å². The van der Waals surface area contributed by atoms with E-state index in [4.69, 9.17) is 4.74 Å². The lowest BCUT2D eigenvalue weighted by atomic mass is 9.99. The van der Waals surface area contributed by atoms with Crippen LogP contribution in [0.25, 0.3) is 11.1 Å². The van der Waals surface area contributed by atoms with E-state index in [1.165, 1.54) is 11.3 Å². The van der Waals surface area contributed by atoms with Crippen molar-refractivity contribution >= 4 is 59.0 Å². The lowest BCUT2D eigenvalue weighted by molar-refractivity contribution is -0.155. The molecule has 0 unspecified atom stereocenters. The van der Waals surface area contributed by atoms with Gasteiger partial charge in [0.25, 0.3) is 0 Å². The van der Waals surface area contributed by atoms with Crippen LogP contribution < -0.4 is 26.6 Å². The molecule has 0 aliphatic heterocycles. The van der Waals surface area contributed by atoms with Gasteiger partial charge in [0.05, 0.1) is 0 Å². The summed E-state index contributed by atoms with van der Waals surface area (Å²) in [6.07, 6.45) is 0.0818. The minimum atomic E-state index is -1.44. The molecule has 6 N–H and O–H groups in total. The fourth-order valence-electron chi connectivity index (χ4n) is 6.03. The van der Waals surface area contributed by atoms with Gasteiger partial charge in [-0.3, -0.25) is 28.8 Å². The van der Waals surface area contributed by atoms with Crippen LogP contribution in [0.4, 0.5) is 5.69 Å². The smallest absolute Gasteiger partial charge is 0.326 e.